The third-order valence-corrected chi connectivity index (χ3v) is 3.91. The normalized spacial score (nSPS) is 12.5. The van der Waals surface area contributed by atoms with Gasteiger partial charge in [0.15, 0.2) is 5.82 Å². The minimum atomic E-state index is 0.526. The SMILES string of the molecule is CCC(C)Cc1nc(Cc2nonc2C)n(-c2cccnc2)n1. The summed E-state index contributed by atoms with van der Waals surface area (Å²) in [7, 11) is 0. The van der Waals surface area contributed by atoms with Crippen LogP contribution in [0.15, 0.2) is 29.2 Å². The standard InChI is InChI=1S/C16H20N6O/c1-4-11(2)8-15-18-16(9-14-12(3)20-23-21-14)22(19-15)13-6-5-7-17-10-13/h5-7,10-11H,4,8-9H2,1-3H3. The molecule has 7 heteroatoms. The number of aromatic nitrogens is 6. The topological polar surface area (TPSA) is 82.5 Å². The molecule has 0 radical (unpaired) electrons. The Labute approximate surface area is 134 Å². The van der Waals surface area contributed by atoms with Crippen LogP contribution in [0.5, 0.6) is 0 Å². The van der Waals surface area contributed by atoms with E-state index in [-0.39, 0.29) is 0 Å². The lowest BCUT2D eigenvalue weighted by Gasteiger charge is -2.04. The molecule has 3 rings (SSSR count). The van der Waals surface area contributed by atoms with Gasteiger partial charge in [0.05, 0.1) is 18.3 Å². The minimum absolute atomic E-state index is 0.526. The third-order valence-electron chi connectivity index (χ3n) is 3.91. The summed E-state index contributed by atoms with van der Waals surface area (Å²) >= 11 is 0. The van der Waals surface area contributed by atoms with E-state index in [0.29, 0.717) is 12.3 Å². The molecule has 0 bridgehead atoms. The van der Waals surface area contributed by atoms with Crippen LogP contribution < -0.4 is 0 Å². The molecule has 0 aliphatic carbocycles. The van der Waals surface area contributed by atoms with Crippen LogP contribution in [0.1, 0.15) is 43.3 Å². The molecule has 1 unspecified atom stereocenters. The molecule has 0 N–H and O–H groups in total. The summed E-state index contributed by atoms with van der Waals surface area (Å²) in [5.74, 6) is 2.20. The number of hydrogen-bond donors (Lipinski definition) is 0. The molecule has 23 heavy (non-hydrogen) atoms. The second-order valence-corrected chi connectivity index (χ2v) is 5.76. The molecular formula is C16H20N6O. The molecule has 0 aliphatic rings. The second kappa shape index (κ2) is 6.68. The Hall–Kier alpha value is -2.57. The van der Waals surface area contributed by atoms with Gasteiger partial charge in [0.2, 0.25) is 0 Å². The first-order chi connectivity index (χ1) is 11.2. The molecule has 3 heterocycles. The molecule has 0 aromatic carbocycles. The highest BCUT2D eigenvalue weighted by molar-refractivity contribution is 5.29. The van der Waals surface area contributed by atoms with Crippen LogP contribution in [0, 0.1) is 12.8 Å². The van der Waals surface area contributed by atoms with Crippen molar-refractivity contribution in [1.29, 1.82) is 0 Å². The van der Waals surface area contributed by atoms with Crippen molar-refractivity contribution in [2.75, 3.05) is 0 Å². The lowest BCUT2D eigenvalue weighted by molar-refractivity contribution is 0.301. The van der Waals surface area contributed by atoms with Gasteiger partial charge in [-0.05, 0) is 25.0 Å². The molecule has 120 valence electrons. The molecule has 3 aromatic heterocycles. The Balaban J connectivity index is 1.96. The van der Waals surface area contributed by atoms with Crippen LogP contribution in [0.2, 0.25) is 0 Å². The van der Waals surface area contributed by atoms with Crippen LogP contribution in [0.25, 0.3) is 5.69 Å². The Morgan fingerprint density at radius 1 is 1.30 bits per heavy atom. The van der Waals surface area contributed by atoms with Gasteiger partial charge in [-0.3, -0.25) is 4.98 Å². The summed E-state index contributed by atoms with van der Waals surface area (Å²) in [5.41, 5.74) is 2.44. The monoisotopic (exact) mass is 312 g/mol. The molecule has 0 fully saturated rings. The lowest BCUT2D eigenvalue weighted by atomic mass is 10.1. The van der Waals surface area contributed by atoms with Gasteiger partial charge >= 0.3 is 0 Å². The molecule has 0 saturated heterocycles. The van der Waals surface area contributed by atoms with Gasteiger partial charge < -0.3 is 0 Å². The zero-order valence-corrected chi connectivity index (χ0v) is 13.6. The predicted molar refractivity (Wildman–Crippen MR) is 84.2 cm³/mol. The van der Waals surface area contributed by atoms with Crippen LogP contribution in [-0.2, 0) is 12.8 Å². The maximum Gasteiger partial charge on any atom is 0.151 e. The molecule has 3 aromatic rings. The summed E-state index contributed by atoms with van der Waals surface area (Å²) in [6.45, 7) is 6.25. The zero-order valence-electron chi connectivity index (χ0n) is 13.6. The fourth-order valence-electron chi connectivity index (χ4n) is 2.29. The molecular weight excluding hydrogens is 292 g/mol. The molecule has 0 amide bonds. The molecule has 0 aliphatic heterocycles. The molecule has 0 saturated carbocycles. The van der Waals surface area contributed by atoms with Gasteiger partial charge in [-0.1, -0.05) is 30.6 Å². The fourth-order valence-corrected chi connectivity index (χ4v) is 2.29. The van der Waals surface area contributed by atoms with Crippen molar-refractivity contribution in [2.45, 2.75) is 40.0 Å². The van der Waals surface area contributed by atoms with Gasteiger partial charge in [0.1, 0.15) is 17.2 Å². The highest BCUT2D eigenvalue weighted by Gasteiger charge is 2.17. The maximum atomic E-state index is 4.78. The summed E-state index contributed by atoms with van der Waals surface area (Å²) in [5, 5.41) is 12.4. The van der Waals surface area contributed by atoms with Crippen molar-refractivity contribution in [3.05, 3.63) is 47.6 Å². The number of aryl methyl sites for hydroxylation is 1. The largest absolute Gasteiger partial charge is 0.262 e. The van der Waals surface area contributed by atoms with E-state index >= 15 is 0 Å². The third kappa shape index (κ3) is 3.44. The molecule has 1 atom stereocenters. The number of pyridine rings is 1. The van der Waals surface area contributed by atoms with E-state index in [1.54, 1.807) is 12.4 Å². The van der Waals surface area contributed by atoms with Crippen molar-refractivity contribution < 1.29 is 4.63 Å². The van der Waals surface area contributed by atoms with Crippen molar-refractivity contribution in [3.8, 4) is 5.69 Å². The highest BCUT2D eigenvalue weighted by atomic mass is 16.6. The smallest absolute Gasteiger partial charge is 0.151 e. The quantitative estimate of drug-likeness (QED) is 0.695. The Morgan fingerprint density at radius 2 is 2.17 bits per heavy atom. The van der Waals surface area contributed by atoms with Gasteiger partial charge in [0.25, 0.3) is 0 Å². The van der Waals surface area contributed by atoms with E-state index in [0.717, 1.165) is 41.6 Å². The van der Waals surface area contributed by atoms with E-state index in [9.17, 15) is 0 Å². The van der Waals surface area contributed by atoms with Gasteiger partial charge in [0, 0.05) is 12.6 Å². The zero-order chi connectivity index (χ0) is 16.2. The van der Waals surface area contributed by atoms with Gasteiger partial charge in [-0.25, -0.2) is 14.3 Å². The number of rotatable bonds is 6. The summed E-state index contributed by atoms with van der Waals surface area (Å²) in [6, 6.07) is 3.85. The number of hydrogen-bond acceptors (Lipinski definition) is 6. The average molecular weight is 312 g/mol. The van der Waals surface area contributed by atoms with Crippen LogP contribution in [0.3, 0.4) is 0 Å². The Morgan fingerprint density at radius 3 is 2.83 bits per heavy atom. The van der Waals surface area contributed by atoms with Crippen molar-refractivity contribution in [1.82, 2.24) is 30.1 Å². The van der Waals surface area contributed by atoms with Crippen LogP contribution in [-0.4, -0.2) is 30.1 Å². The maximum absolute atomic E-state index is 4.78. The van der Waals surface area contributed by atoms with Gasteiger partial charge in [-0.15, -0.1) is 0 Å². The molecule has 7 nitrogen and oxygen atoms in total. The lowest BCUT2D eigenvalue weighted by Crippen LogP contribution is -2.05. The second-order valence-electron chi connectivity index (χ2n) is 5.76. The minimum Gasteiger partial charge on any atom is -0.262 e. The van der Waals surface area contributed by atoms with E-state index in [1.807, 2.05) is 23.7 Å². The van der Waals surface area contributed by atoms with Crippen LogP contribution >= 0.6 is 0 Å². The fraction of sp³-hybridized carbons (Fsp3) is 0.438. The van der Waals surface area contributed by atoms with Crippen LogP contribution in [0.4, 0.5) is 0 Å². The Kier molecular flexibility index (Phi) is 4.45. The van der Waals surface area contributed by atoms with Crippen molar-refractivity contribution in [2.24, 2.45) is 5.92 Å². The first kappa shape index (κ1) is 15.3. The summed E-state index contributed by atoms with van der Waals surface area (Å²) in [4.78, 5) is 8.87. The highest BCUT2D eigenvalue weighted by Crippen LogP contribution is 2.16. The first-order valence-corrected chi connectivity index (χ1v) is 7.80. The molecule has 0 spiro atoms. The van der Waals surface area contributed by atoms with E-state index in [4.69, 9.17) is 9.61 Å². The van der Waals surface area contributed by atoms with E-state index < -0.39 is 0 Å². The van der Waals surface area contributed by atoms with Crippen molar-refractivity contribution in [3.63, 3.8) is 0 Å². The van der Waals surface area contributed by atoms with Crippen molar-refractivity contribution >= 4 is 0 Å². The predicted octanol–water partition coefficient (Wildman–Crippen LogP) is 2.53. The summed E-state index contributed by atoms with van der Waals surface area (Å²) < 4.78 is 6.61. The average Bonchev–Trinajstić information content (AvgIpc) is 3.15. The number of nitrogens with zero attached hydrogens (tertiary/aromatic N) is 6. The van der Waals surface area contributed by atoms with Gasteiger partial charge in [-0.2, -0.15) is 5.10 Å². The Bertz CT molecular complexity index is 764. The van der Waals surface area contributed by atoms with E-state index in [2.05, 4.69) is 34.2 Å². The van der Waals surface area contributed by atoms with E-state index in [1.165, 1.54) is 0 Å². The summed E-state index contributed by atoms with van der Waals surface area (Å²) in [6.07, 6.45) is 6.00. The first-order valence-electron chi connectivity index (χ1n) is 7.80.